The molecule has 7 heteroatoms. The third kappa shape index (κ3) is 3.25. The van der Waals surface area contributed by atoms with E-state index >= 15 is 0 Å². The van der Waals surface area contributed by atoms with Crippen LogP contribution in [0.2, 0.25) is 0 Å². The van der Waals surface area contributed by atoms with Crippen LogP contribution >= 0.6 is 12.6 Å². The van der Waals surface area contributed by atoms with E-state index < -0.39 is 0 Å². The second-order valence-corrected chi connectivity index (χ2v) is 6.77. The van der Waals surface area contributed by atoms with E-state index in [1.165, 1.54) is 12.1 Å². The highest BCUT2D eigenvalue weighted by molar-refractivity contribution is 7.80. The minimum absolute atomic E-state index is 0.0248. The molecule has 0 aliphatic carbocycles. The normalized spacial score (nSPS) is 11.1. The van der Waals surface area contributed by atoms with Gasteiger partial charge in [-0.1, -0.05) is 19.1 Å². The Morgan fingerprint density at radius 2 is 1.89 bits per heavy atom. The third-order valence-electron chi connectivity index (χ3n) is 4.41. The second-order valence-electron chi connectivity index (χ2n) is 6.37. The van der Waals surface area contributed by atoms with Crippen molar-refractivity contribution >= 4 is 23.4 Å². The van der Waals surface area contributed by atoms with Crippen molar-refractivity contribution < 1.29 is 14.9 Å². The number of nitrogens with zero attached hydrogens (tertiary/aromatic N) is 3. The molecule has 0 spiro atoms. The Morgan fingerprint density at radius 1 is 1.04 bits per heavy atom. The van der Waals surface area contributed by atoms with Gasteiger partial charge in [-0.25, -0.2) is 0 Å². The first-order valence-corrected chi connectivity index (χ1v) is 9.36. The molecule has 0 radical (unpaired) electrons. The van der Waals surface area contributed by atoms with Crippen LogP contribution < -0.4 is 4.74 Å². The van der Waals surface area contributed by atoms with E-state index in [9.17, 15) is 10.2 Å². The fraction of sp³-hybridized carbons (Fsp3) is 0.143. The smallest absolute Gasteiger partial charge is 0.193 e. The van der Waals surface area contributed by atoms with Crippen molar-refractivity contribution in [2.24, 2.45) is 0 Å². The lowest BCUT2D eigenvalue weighted by atomic mass is 10.1. The fourth-order valence-electron chi connectivity index (χ4n) is 3.13. The quantitative estimate of drug-likeness (QED) is 0.433. The minimum Gasteiger partial charge on any atom is -0.508 e. The lowest BCUT2D eigenvalue weighted by Crippen LogP contribution is -2.00. The molecule has 3 aromatic carbocycles. The summed E-state index contributed by atoms with van der Waals surface area (Å²) in [5.41, 5.74) is 1.28. The topological polar surface area (TPSA) is 80.4 Å². The van der Waals surface area contributed by atoms with Crippen LogP contribution in [0.4, 0.5) is 0 Å². The number of fused-ring (bicyclic) bond motifs is 1. The first kappa shape index (κ1) is 18.2. The van der Waals surface area contributed by atoms with Gasteiger partial charge in [0.2, 0.25) is 0 Å². The molecule has 0 amide bonds. The molecule has 0 saturated heterocycles. The van der Waals surface area contributed by atoms with Gasteiger partial charge in [-0.3, -0.25) is 4.57 Å². The average molecular weight is 393 g/mol. The van der Waals surface area contributed by atoms with E-state index in [0.29, 0.717) is 23.2 Å². The lowest BCUT2D eigenvalue weighted by Gasteiger charge is -2.13. The van der Waals surface area contributed by atoms with E-state index in [2.05, 4.69) is 29.7 Å². The first-order valence-electron chi connectivity index (χ1n) is 8.91. The summed E-state index contributed by atoms with van der Waals surface area (Å²) in [4.78, 5) is 0. The Morgan fingerprint density at radius 3 is 2.68 bits per heavy atom. The summed E-state index contributed by atoms with van der Waals surface area (Å²) in [6.45, 7) is 2.74. The van der Waals surface area contributed by atoms with Crippen LogP contribution in [0.5, 0.6) is 17.2 Å². The van der Waals surface area contributed by atoms with Crippen LogP contribution in [0.15, 0.2) is 59.8 Å². The van der Waals surface area contributed by atoms with Gasteiger partial charge in [0.15, 0.2) is 11.0 Å². The zero-order valence-electron chi connectivity index (χ0n) is 15.2. The number of hydrogen-bond donors (Lipinski definition) is 3. The summed E-state index contributed by atoms with van der Waals surface area (Å²) in [7, 11) is 0. The number of rotatable bonds is 5. The molecule has 2 N–H and O–H groups in total. The molecular weight excluding hydrogens is 374 g/mol. The summed E-state index contributed by atoms with van der Waals surface area (Å²) in [6, 6.07) is 16.2. The van der Waals surface area contributed by atoms with Gasteiger partial charge in [0.1, 0.15) is 17.2 Å². The number of phenolic OH excluding ortho intramolecular Hbond substituents is 2. The monoisotopic (exact) mass is 393 g/mol. The molecule has 0 fully saturated rings. The summed E-state index contributed by atoms with van der Waals surface area (Å²) in [5, 5.41) is 30.5. The van der Waals surface area contributed by atoms with Crippen molar-refractivity contribution in [3.05, 3.63) is 54.6 Å². The number of aromatic hydroxyl groups is 2. The van der Waals surface area contributed by atoms with Crippen LogP contribution in [0, 0.1) is 0 Å². The predicted octanol–water partition coefficient (Wildman–Crippen LogP) is 4.58. The molecule has 0 aliphatic rings. The van der Waals surface area contributed by atoms with Crippen LogP contribution in [-0.4, -0.2) is 31.6 Å². The van der Waals surface area contributed by atoms with Crippen molar-refractivity contribution in [1.82, 2.24) is 14.8 Å². The number of ether oxygens (including phenoxy) is 1. The zero-order valence-corrected chi connectivity index (χ0v) is 16.1. The maximum absolute atomic E-state index is 10.3. The zero-order chi connectivity index (χ0) is 19.7. The molecule has 0 bridgehead atoms. The van der Waals surface area contributed by atoms with Crippen molar-refractivity contribution in [3.8, 4) is 34.3 Å². The highest BCUT2D eigenvalue weighted by Gasteiger charge is 2.18. The van der Waals surface area contributed by atoms with Gasteiger partial charge in [-0.2, -0.15) is 0 Å². The Labute approximate surface area is 167 Å². The van der Waals surface area contributed by atoms with Crippen molar-refractivity contribution in [3.63, 3.8) is 0 Å². The van der Waals surface area contributed by atoms with Gasteiger partial charge >= 0.3 is 0 Å². The molecule has 28 heavy (non-hydrogen) atoms. The van der Waals surface area contributed by atoms with Crippen LogP contribution in [0.1, 0.15) is 13.3 Å². The molecule has 1 heterocycles. The first-order chi connectivity index (χ1) is 13.6. The molecule has 4 aromatic rings. The standard InChI is InChI=1S/C21H19N3O3S/c1-2-10-27-15-7-9-16-13(11-15)4-3-5-18(16)24-20(22-23-21(24)28)17-8-6-14(25)12-19(17)26/h3-9,11-12,25-26H,2,10H2,1H3,(H,23,28). The number of aromatic nitrogens is 3. The van der Waals surface area contributed by atoms with Gasteiger partial charge in [0.05, 0.1) is 17.9 Å². The Kier molecular flexibility index (Phi) is 4.83. The minimum atomic E-state index is -0.0857. The molecule has 0 atom stereocenters. The van der Waals surface area contributed by atoms with Crippen LogP contribution in [0.25, 0.3) is 27.8 Å². The SMILES string of the molecule is CCCOc1ccc2c(-n3c(S)nnc3-c3ccc(O)cc3O)cccc2c1. The Hall–Kier alpha value is -3.19. The van der Waals surface area contributed by atoms with Gasteiger partial charge in [0, 0.05) is 11.5 Å². The predicted molar refractivity (Wildman–Crippen MR) is 111 cm³/mol. The largest absolute Gasteiger partial charge is 0.508 e. The molecule has 0 saturated carbocycles. The molecule has 0 aliphatic heterocycles. The Balaban J connectivity index is 1.88. The maximum atomic E-state index is 10.3. The highest BCUT2D eigenvalue weighted by Crippen LogP contribution is 2.35. The van der Waals surface area contributed by atoms with E-state index in [4.69, 9.17) is 4.74 Å². The van der Waals surface area contributed by atoms with Crippen molar-refractivity contribution in [2.75, 3.05) is 6.61 Å². The summed E-state index contributed by atoms with van der Waals surface area (Å²) in [6.07, 6.45) is 0.946. The molecular formula is C21H19N3O3S. The molecule has 0 unspecified atom stereocenters. The molecule has 142 valence electrons. The van der Waals surface area contributed by atoms with E-state index in [1.807, 2.05) is 36.4 Å². The summed E-state index contributed by atoms with van der Waals surface area (Å²) >= 11 is 4.46. The van der Waals surface area contributed by atoms with Gasteiger partial charge in [-0.05, 0) is 48.2 Å². The van der Waals surface area contributed by atoms with Crippen molar-refractivity contribution in [1.29, 1.82) is 0 Å². The second kappa shape index (κ2) is 7.44. The van der Waals surface area contributed by atoms with E-state index in [1.54, 1.807) is 10.6 Å². The third-order valence-corrected chi connectivity index (χ3v) is 4.70. The number of benzene rings is 3. The number of thiol groups is 1. The molecule has 4 rings (SSSR count). The molecule has 6 nitrogen and oxygen atoms in total. The fourth-order valence-corrected chi connectivity index (χ4v) is 3.38. The van der Waals surface area contributed by atoms with Crippen molar-refractivity contribution in [2.45, 2.75) is 18.5 Å². The van der Waals surface area contributed by atoms with E-state index in [-0.39, 0.29) is 11.5 Å². The number of hydrogen-bond acceptors (Lipinski definition) is 6. The van der Waals surface area contributed by atoms with Crippen LogP contribution in [-0.2, 0) is 0 Å². The highest BCUT2D eigenvalue weighted by atomic mass is 32.1. The van der Waals surface area contributed by atoms with Gasteiger partial charge < -0.3 is 14.9 Å². The van der Waals surface area contributed by atoms with Gasteiger partial charge in [0.25, 0.3) is 0 Å². The summed E-state index contributed by atoms with van der Waals surface area (Å²) in [5.74, 6) is 1.14. The van der Waals surface area contributed by atoms with E-state index in [0.717, 1.165) is 28.6 Å². The number of phenols is 2. The summed E-state index contributed by atoms with van der Waals surface area (Å²) < 4.78 is 7.50. The Bertz CT molecular complexity index is 1160. The average Bonchev–Trinajstić information content (AvgIpc) is 3.06. The van der Waals surface area contributed by atoms with Gasteiger partial charge in [-0.15, -0.1) is 22.8 Å². The molecule has 1 aromatic heterocycles. The lowest BCUT2D eigenvalue weighted by molar-refractivity contribution is 0.318. The van der Waals surface area contributed by atoms with Crippen LogP contribution in [0.3, 0.4) is 0 Å². The maximum Gasteiger partial charge on any atom is 0.193 e.